The van der Waals surface area contributed by atoms with Crippen molar-refractivity contribution in [3.8, 4) is 11.1 Å². The summed E-state index contributed by atoms with van der Waals surface area (Å²) in [6.45, 7) is -0.571. The fraction of sp³-hybridized carbons (Fsp3) is 0.360. The third-order valence-electron chi connectivity index (χ3n) is 6.07. The fourth-order valence-corrected chi connectivity index (χ4v) is 4.33. The van der Waals surface area contributed by atoms with Gasteiger partial charge in [0.05, 0.1) is 11.8 Å². The lowest BCUT2D eigenvalue weighted by Crippen LogP contribution is -2.53. The van der Waals surface area contributed by atoms with Crippen LogP contribution in [0.3, 0.4) is 0 Å². The van der Waals surface area contributed by atoms with Crippen molar-refractivity contribution in [2.75, 3.05) is 6.54 Å². The van der Waals surface area contributed by atoms with Gasteiger partial charge in [-0.1, -0.05) is 67.4 Å². The molecular formula is C25H28N2O6. The molecule has 4 N–H and O–H groups in total. The summed E-state index contributed by atoms with van der Waals surface area (Å²) < 4.78 is 0. The molecule has 1 atom stereocenters. The molecule has 1 aliphatic rings. The van der Waals surface area contributed by atoms with Gasteiger partial charge in [-0.05, 0) is 29.5 Å². The van der Waals surface area contributed by atoms with Gasteiger partial charge in [-0.3, -0.25) is 19.2 Å². The minimum Gasteiger partial charge on any atom is -0.481 e. The normalized spacial score (nSPS) is 15.4. The largest absolute Gasteiger partial charge is 0.481 e. The molecule has 33 heavy (non-hydrogen) atoms. The van der Waals surface area contributed by atoms with Crippen molar-refractivity contribution in [3.05, 3.63) is 60.2 Å². The molecular weight excluding hydrogens is 424 g/mol. The van der Waals surface area contributed by atoms with E-state index in [1.54, 1.807) is 0 Å². The highest BCUT2D eigenvalue weighted by Gasteiger charge is 2.44. The van der Waals surface area contributed by atoms with Crippen LogP contribution < -0.4 is 10.6 Å². The highest BCUT2D eigenvalue weighted by atomic mass is 16.4. The number of carbonyl (C=O) groups excluding carboxylic acids is 2. The smallest absolute Gasteiger partial charge is 0.322 e. The van der Waals surface area contributed by atoms with E-state index < -0.39 is 41.8 Å². The molecule has 3 rings (SSSR count). The molecule has 0 radical (unpaired) electrons. The minimum absolute atomic E-state index is 0.148. The van der Waals surface area contributed by atoms with Crippen molar-refractivity contribution in [1.29, 1.82) is 0 Å². The first kappa shape index (κ1) is 24.0. The van der Waals surface area contributed by atoms with Crippen molar-refractivity contribution in [1.82, 2.24) is 10.6 Å². The van der Waals surface area contributed by atoms with Gasteiger partial charge in [0.15, 0.2) is 0 Å². The van der Waals surface area contributed by atoms with Gasteiger partial charge in [-0.25, -0.2) is 0 Å². The maximum atomic E-state index is 13.1. The molecule has 1 saturated carbocycles. The number of carboxylic acid groups (broad SMARTS) is 2. The summed E-state index contributed by atoms with van der Waals surface area (Å²) in [7, 11) is 0. The van der Waals surface area contributed by atoms with E-state index in [-0.39, 0.29) is 12.8 Å². The number of hydrogen-bond acceptors (Lipinski definition) is 4. The van der Waals surface area contributed by atoms with E-state index in [1.165, 1.54) is 0 Å². The van der Waals surface area contributed by atoms with Crippen LogP contribution >= 0.6 is 0 Å². The number of carbonyl (C=O) groups is 4. The molecule has 0 spiro atoms. The Morgan fingerprint density at radius 3 is 2.03 bits per heavy atom. The molecule has 2 aromatic rings. The first-order chi connectivity index (χ1) is 15.8. The van der Waals surface area contributed by atoms with E-state index >= 15 is 0 Å². The number of benzene rings is 2. The summed E-state index contributed by atoms with van der Waals surface area (Å²) in [6.07, 6.45) is 2.24. The van der Waals surface area contributed by atoms with Crippen molar-refractivity contribution >= 4 is 23.8 Å². The Morgan fingerprint density at radius 2 is 1.45 bits per heavy atom. The third-order valence-corrected chi connectivity index (χ3v) is 6.07. The number of aliphatic carboxylic acids is 2. The summed E-state index contributed by atoms with van der Waals surface area (Å²) >= 11 is 0. The molecule has 1 aliphatic carbocycles. The molecule has 2 aromatic carbocycles. The van der Waals surface area contributed by atoms with Crippen molar-refractivity contribution in [3.63, 3.8) is 0 Å². The summed E-state index contributed by atoms with van der Waals surface area (Å²) in [4.78, 5) is 48.1. The van der Waals surface area contributed by atoms with Crippen LogP contribution in [0.15, 0.2) is 54.6 Å². The lowest BCUT2D eigenvalue weighted by Gasteiger charge is -2.28. The van der Waals surface area contributed by atoms with Gasteiger partial charge in [0.1, 0.15) is 12.6 Å². The standard InChI is InChI=1S/C25H28N2O6/c28-21(29)15-25(12-4-5-13-25)24(33)27-20(23(32)26-16-22(30)31)14-17-8-10-19(11-9-17)18-6-2-1-3-7-18/h1-3,6-11,20H,4-5,12-16H2,(H,26,32)(H,27,33)(H,28,29)(H,30,31)/t20-/m0/s1. The zero-order chi connectivity index (χ0) is 23.8. The van der Waals surface area contributed by atoms with E-state index in [2.05, 4.69) is 10.6 Å². The summed E-state index contributed by atoms with van der Waals surface area (Å²) in [6, 6.07) is 16.3. The van der Waals surface area contributed by atoms with Crippen LogP contribution in [0.2, 0.25) is 0 Å². The summed E-state index contributed by atoms with van der Waals surface area (Å²) in [5.41, 5.74) is 1.78. The highest BCUT2D eigenvalue weighted by molar-refractivity contribution is 5.93. The quantitative estimate of drug-likeness (QED) is 0.438. The Balaban J connectivity index is 1.77. The molecule has 8 nitrogen and oxygen atoms in total. The van der Waals surface area contributed by atoms with E-state index in [0.717, 1.165) is 29.5 Å². The molecule has 0 aromatic heterocycles. The molecule has 1 fully saturated rings. The topological polar surface area (TPSA) is 133 Å². The van der Waals surface area contributed by atoms with Crippen LogP contribution in [0.5, 0.6) is 0 Å². The summed E-state index contributed by atoms with van der Waals surface area (Å²) in [5, 5.41) is 23.2. The van der Waals surface area contributed by atoms with Crippen molar-refractivity contribution in [2.24, 2.45) is 5.41 Å². The average molecular weight is 453 g/mol. The van der Waals surface area contributed by atoms with E-state index in [1.807, 2.05) is 54.6 Å². The van der Waals surface area contributed by atoms with Crippen LogP contribution in [0.25, 0.3) is 11.1 Å². The van der Waals surface area contributed by atoms with Crippen LogP contribution in [0, 0.1) is 5.41 Å². The monoisotopic (exact) mass is 452 g/mol. The number of amides is 2. The molecule has 0 saturated heterocycles. The maximum absolute atomic E-state index is 13.1. The van der Waals surface area contributed by atoms with Gasteiger partial charge in [0, 0.05) is 6.42 Å². The van der Waals surface area contributed by atoms with Gasteiger partial charge in [0.25, 0.3) is 0 Å². The van der Waals surface area contributed by atoms with Crippen LogP contribution in [0.4, 0.5) is 0 Å². The van der Waals surface area contributed by atoms with E-state index in [4.69, 9.17) is 5.11 Å². The lowest BCUT2D eigenvalue weighted by atomic mass is 9.81. The zero-order valence-electron chi connectivity index (χ0n) is 18.3. The van der Waals surface area contributed by atoms with Crippen LogP contribution in [-0.2, 0) is 25.6 Å². The first-order valence-corrected chi connectivity index (χ1v) is 11.0. The van der Waals surface area contributed by atoms with Gasteiger partial charge >= 0.3 is 11.9 Å². The predicted octanol–water partition coefficient (Wildman–Crippen LogP) is 2.62. The molecule has 174 valence electrons. The lowest BCUT2D eigenvalue weighted by molar-refractivity contribution is -0.146. The van der Waals surface area contributed by atoms with E-state index in [9.17, 15) is 24.3 Å². The predicted molar refractivity (Wildman–Crippen MR) is 121 cm³/mol. The Bertz CT molecular complexity index is 997. The Morgan fingerprint density at radius 1 is 0.848 bits per heavy atom. The number of hydrogen-bond donors (Lipinski definition) is 4. The van der Waals surface area contributed by atoms with Crippen molar-refractivity contribution in [2.45, 2.75) is 44.6 Å². The zero-order valence-corrected chi connectivity index (χ0v) is 18.3. The highest BCUT2D eigenvalue weighted by Crippen LogP contribution is 2.41. The van der Waals surface area contributed by atoms with Gasteiger partial charge < -0.3 is 20.8 Å². The molecule has 8 heteroatoms. The van der Waals surface area contributed by atoms with Gasteiger partial charge in [0.2, 0.25) is 11.8 Å². The Hall–Kier alpha value is -3.68. The Kier molecular flexibility index (Phi) is 7.82. The molecule has 0 unspecified atom stereocenters. The minimum atomic E-state index is -1.20. The second-order valence-electron chi connectivity index (χ2n) is 8.46. The number of nitrogens with one attached hydrogen (secondary N) is 2. The molecule has 2 amide bonds. The fourth-order valence-electron chi connectivity index (χ4n) is 4.33. The van der Waals surface area contributed by atoms with Gasteiger partial charge in [-0.2, -0.15) is 0 Å². The van der Waals surface area contributed by atoms with Crippen LogP contribution in [-0.4, -0.2) is 46.6 Å². The Labute approximate surface area is 192 Å². The van der Waals surface area contributed by atoms with E-state index in [0.29, 0.717) is 12.8 Å². The molecule has 0 bridgehead atoms. The SMILES string of the molecule is O=C(O)CNC(=O)[C@H](Cc1ccc(-c2ccccc2)cc1)NC(=O)C1(CC(=O)O)CCCC1. The molecule has 0 aliphatic heterocycles. The maximum Gasteiger partial charge on any atom is 0.322 e. The third kappa shape index (κ3) is 6.41. The second kappa shape index (κ2) is 10.8. The van der Waals surface area contributed by atoms with Crippen LogP contribution in [0.1, 0.15) is 37.7 Å². The molecule has 0 heterocycles. The number of rotatable bonds is 10. The average Bonchev–Trinajstić information content (AvgIpc) is 3.27. The number of carboxylic acids is 2. The second-order valence-corrected chi connectivity index (χ2v) is 8.46. The van der Waals surface area contributed by atoms with Crippen molar-refractivity contribution < 1.29 is 29.4 Å². The summed E-state index contributed by atoms with van der Waals surface area (Å²) in [5.74, 6) is -3.35. The van der Waals surface area contributed by atoms with Gasteiger partial charge in [-0.15, -0.1) is 0 Å². The first-order valence-electron chi connectivity index (χ1n) is 11.0.